The second-order valence-electron chi connectivity index (χ2n) is 3.96. The molecule has 18 heavy (non-hydrogen) atoms. The van der Waals surface area contributed by atoms with Crippen LogP contribution in [0.15, 0.2) is 27.8 Å². The lowest BCUT2D eigenvalue weighted by atomic mass is 10.2. The van der Waals surface area contributed by atoms with Gasteiger partial charge in [-0.15, -0.1) is 0 Å². The summed E-state index contributed by atoms with van der Waals surface area (Å²) in [4.78, 5) is 0. The van der Waals surface area contributed by atoms with Gasteiger partial charge in [-0.05, 0) is 37.6 Å². The smallest absolute Gasteiger partial charge is 0.139 e. The van der Waals surface area contributed by atoms with Gasteiger partial charge in [-0.25, -0.2) is 4.39 Å². The van der Waals surface area contributed by atoms with Crippen LogP contribution < -0.4 is 11.1 Å². The molecular formula is C12H17BrFN3O. The van der Waals surface area contributed by atoms with Crippen LogP contribution in [0.3, 0.4) is 0 Å². The van der Waals surface area contributed by atoms with E-state index in [1.807, 2.05) is 0 Å². The first-order chi connectivity index (χ1) is 8.63. The van der Waals surface area contributed by atoms with Crippen LogP contribution in [0.1, 0.15) is 24.8 Å². The Labute approximate surface area is 114 Å². The molecule has 0 unspecified atom stereocenters. The van der Waals surface area contributed by atoms with Crippen molar-refractivity contribution in [3.8, 4) is 0 Å². The number of nitrogens with one attached hydrogen (secondary N) is 1. The van der Waals surface area contributed by atoms with Gasteiger partial charge >= 0.3 is 0 Å². The SMILES string of the molecule is NC(CCCCNCc1cc(Br)ccc1F)=NO. The van der Waals surface area contributed by atoms with E-state index in [-0.39, 0.29) is 11.7 Å². The highest BCUT2D eigenvalue weighted by Crippen LogP contribution is 2.15. The molecule has 0 atom stereocenters. The highest BCUT2D eigenvalue weighted by Gasteiger charge is 2.02. The third kappa shape index (κ3) is 5.46. The summed E-state index contributed by atoms with van der Waals surface area (Å²) in [5.41, 5.74) is 5.98. The summed E-state index contributed by atoms with van der Waals surface area (Å²) in [6, 6.07) is 4.88. The molecule has 0 saturated carbocycles. The molecule has 0 aliphatic carbocycles. The molecule has 0 radical (unpaired) electrons. The van der Waals surface area contributed by atoms with Crippen molar-refractivity contribution in [2.75, 3.05) is 6.54 Å². The number of oxime groups is 1. The quantitative estimate of drug-likeness (QED) is 0.238. The zero-order valence-corrected chi connectivity index (χ0v) is 11.6. The van der Waals surface area contributed by atoms with Gasteiger partial charge in [-0.3, -0.25) is 0 Å². The van der Waals surface area contributed by atoms with Crippen LogP contribution in [-0.2, 0) is 6.54 Å². The van der Waals surface area contributed by atoms with Crippen LogP contribution in [0.2, 0.25) is 0 Å². The number of nitrogens with two attached hydrogens (primary N) is 1. The summed E-state index contributed by atoms with van der Waals surface area (Å²) in [6.45, 7) is 1.26. The van der Waals surface area contributed by atoms with E-state index in [9.17, 15) is 4.39 Å². The molecule has 0 spiro atoms. The highest BCUT2D eigenvalue weighted by molar-refractivity contribution is 9.10. The molecule has 1 aromatic rings. The Morgan fingerprint density at radius 2 is 2.22 bits per heavy atom. The molecule has 100 valence electrons. The Balaban J connectivity index is 2.20. The normalized spacial score (nSPS) is 11.8. The molecule has 0 aliphatic heterocycles. The summed E-state index contributed by atoms with van der Waals surface area (Å²) >= 11 is 3.31. The Kier molecular flexibility index (Phi) is 6.67. The molecule has 0 fully saturated rings. The molecule has 0 aliphatic rings. The maximum absolute atomic E-state index is 13.4. The second-order valence-corrected chi connectivity index (χ2v) is 4.88. The van der Waals surface area contributed by atoms with E-state index in [1.165, 1.54) is 6.07 Å². The number of unbranched alkanes of at least 4 members (excludes halogenated alkanes) is 1. The van der Waals surface area contributed by atoms with Crippen LogP contribution >= 0.6 is 15.9 Å². The third-order valence-electron chi connectivity index (χ3n) is 2.49. The average Bonchev–Trinajstić information content (AvgIpc) is 2.37. The summed E-state index contributed by atoms with van der Waals surface area (Å²) in [5.74, 6) is 0.0374. The van der Waals surface area contributed by atoms with Gasteiger partial charge in [0.25, 0.3) is 0 Å². The summed E-state index contributed by atoms with van der Waals surface area (Å²) in [7, 11) is 0. The van der Waals surface area contributed by atoms with Gasteiger partial charge in [0.05, 0.1) is 0 Å². The van der Waals surface area contributed by atoms with E-state index in [2.05, 4.69) is 26.4 Å². The topological polar surface area (TPSA) is 70.6 Å². The molecule has 6 heteroatoms. The Bertz CT molecular complexity index is 412. The summed E-state index contributed by atoms with van der Waals surface area (Å²) in [6.07, 6.45) is 2.30. The zero-order valence-electron chi connectivity index (χ0n) is 10.00. The van der Waals surface area contributed by atoms with Gasteiger partial charge in [0.15, 0.2) is 0 Å². The number of benzene rings is 1. The molecule has 4 nitrogen and oxygen atoms in total. The lowest BCUT2D eigenvalue weighted by molar-refractivity contribution is 0.316. The predicted octanol–water partition coefficient (Wildman–Crippen LogP) is 2.59. The van der Waals surface area contributed by atoms with E-state index in [0.717, 1.165) is 23.9 Å². The fourth-order valence-electron chi connectivity index (χ4n) is 1.51. The van der Waals surface area contributed by atoms with E-state index in [4.69, 9.17) is 10.9 Å². The second kappa shape index (κ2) is 8.05. The lowest BCUT2D eigenvalue weighted by Crippen LogP contribution is -2.17. The molecule has 0 heterocycles. The molecular weight excluding hydrogens is 301 g/mol. The molecule has 4 N–H and O–H groups in total. The van der Waals surface area contributed by atoms with E-state index in [0.29, 0.717) is 18.5 Å². The number of hydrogen-bond acceptors (Lipinski definition) is 3. The summed E-state index contributed by atoms with van der Waals surface area (Å²) in [5, 5.41) is 14.4. The van der Waals surface area contributed by atoms with Gasteiger partial charge < -0.3 is 16.3 Å². The Hall–Kier alpha value is -1.14. The molecule has 1 aromatic carbocycles. The maximum Gasteiger partial charge on any atom is 0.139 e. The van der Waals surface area contributed by atoms with Crippen molar-refractivity contribution in [1.82, 2.24) is 5.32 Å². The average molecular weight is 318 g/mol. The largest absolute Gasteiger partial charge is 0.409 e. The number of rotatable bonds is 7. The highest BCUT2D eigenvalue weighted by atomic mass is 79.9. The first-order valence-electron chi connectivity index (χ1n) is 5.74. The molecule has 1 rings (SSSR count). The van der Waals surface area contributed by atoms with Crippen molar-refractivity contribution in [2.45, 2.75) is 25.8 Å². The summed E-state index contributed by atoms with van der Waals surface area (Å²) < 4.78 is 14.2. The van der Waals surface area contributed by atoms with E-state index >= 15 is 0 Å². The molecule has 0 aromatic heterocycles. The minimum atomic E-state index is -0.206. The molecule has 0 saturated heterocycles. The van der Waals surface area contributed by atoms with Crippen LogP contribution in [0.25, 0.3) is 0 Å². The monoisotopic (exact) mass is 317 g/mol. The minimum absolute atomic E-state index is 0.206. The fourth-order valence-corrected chi connectivity index (χ4v) is 1.92. The van der Waals surface area contributed by atoms with E-state index < -0.39 is 0 Å². The fraction of sp³-hybridized carbons (Fsp3) is 0.417. The van der Waals surface area contributed by atoms with Crippen LogP contribution in [0.5, 0.6) is 0 Å². The Morgan fingerprint density at radius 1 is 1.44 bits per heavy atom. The number of nitrogens with zero attached hydrogens (tertiary/aromatic N) is 1. The van der Waals surface area contributed by atoms with Crippen molar-refractivity contribution >= 4 is 21.8 Å². The van der Waals surface area contributed by atoms with Crippen molar-refractivity contribution in [1.29, 1.82) is 0 Å². The van der Waals surface area contributed by atoms with Crippen molar-refractivity contribution in [3.63, 3.8) is 0 Å². The van der Waals surface area contributed by atoms with Gasteiger partial charge in [0.2, 0.25) is 0 Å². The zero-order chi connectivity index (χ0) is 13.4. The van der Waals surface area contributed by atoms with Crippen LogP contribution in [-0.4, -0.2) is 17.6 Å². The minimum Gasteiger partial charge on any atom is -0.409 e. The van der Waals surface area contributed by atoms with E-state index in [1.54, 1.807) is 12.1 Å². The lowest BCUT2D eigenvalue weighted by Gasteiger charge is -2.06. The van der Waals surface area contributed by atoms with Crippen LogP contribution in [0, 0.1) is 5.82 Å². The number of amidine groups is 1. The van der Waals surface area contributed by atoms with Crippen molar-refractivity contribution < 1.29 is 9.60 Å². The van der Waals surface area contributed by atoms with Crippen molar-refractivity contribution in [2.24, 2.45) is 10.9 Å². The van der Waals surface area contributed by atoms with Gasteiger partial charge in [0, 0.05) is 23.0 Å². The standard InChI is InChI=1S/C12H17BrFN3O/c13-10-4-5-11(14)9(7-10)8-16-6-2-1-3-12(15)17-18/h4-5,7,16,18H,1-3,6,8H2,(H2,15,17). The van der Waals surface area contributed by atoms with Gasteiger partial charge in [0.1, 0.15) is 11.7 Å². The third-order valence-corrected chi connectivity index (χ3v) is 2.98. The maximum atomic E-state index is 13.4. The predicted molar refractivity (Wildman–Crippen MR) is 73.1 cm³/mol. The van der Waals surface area contributed by atoms with Crippen molar-refractivity contribution in [3.05, 3.63) is 34.1 Å². The van der Waals surface area contributed by atoms with Crippen LogP contribution in [0.4, 0.5) is 4.39 Å². The molecule has 0 amide bonds. The molecule has 0 bridgehead atoms. The van der Waals surface area contributed by atoms with Gasteiger partial charge in [-0.2, -0.15) is 0 Å². The van der Waals surface area contributed by atoms with Gasteiger partial charge in [-0.1, -0.05) is 21.1 Å². The Morgan fingerprint density at radius 3 is 2.94 bits per heavy atom. The number of halogens is 2. The number of hydrogen-bond donors (Lipinski definition) is 3. The first kappa shape index (κ1) is 14.9. The first-order valence-corrected chi connectivity index (χ1v) is 6.54.